The number of aromatic nitrogens is 12. The van der Waals surface area contributed by atoms with E-state index in [2.05, 4.69) is 55.2 Å². The third-order valence-electron chi connectivity index (χ3n) is 4.36. The Labute approximate surface area is 203 Å². The summed E-state index contributed by atoms with van der Waals surface area (Å²) in [5, 5.41) is 3.76. The standard InChI is InChI=1S/C7H9N5.C6H5ClN4.C5H3ClN4.CH4/c1-8-6-5-7(10-3-9-6)12(2)4-11-5;1-11-3-10-4-5(7)8-2-9-6(4)11;6-4-3-5(9-1-7-3)10-2-8-4;/h3-4H,1-2H3,(H,8,9,10);2-3H,1H3;1-2H,(H,7,8,9,10);1H4. The van der Waals surface area contributed by atoms with Crippen LogP contribution in [0.15, 0.2) is 38.0 Å². The first-order valence-electron chi connectivity index (χ1n) is 9.36. The minimum Gasteiger partial charge on any atom is -0.371 e. The molecular weight excluding hydrogens is 481 g/mol. The molecule has 13 nitrogen and oxygen atoms in total. The van der Waals surface area contributed by atoms with Crippen LogP contribution in [0.5, 0.6) is 0 Å². The topological polar surface area (TPSA) is 154 Å². The maximum Gasteiger partial charge on any atom is 0.182 e. The Morgan fingerprint density at radius 1 is 0.735 bits per heavy atom. The van der Waals surface area contributed by atoms with E-state index < -0.39 is 0 Å². The molecule has 2 N–H and O–H groups in total. The number of H-pyrrole nitrogens is 1. The third-order valence-corrected chi connectivity index (χ3v) is 4.93. The summed E-state index contributed by atoms with van der Waals surface area (Å²) in [6.07, 6.45) is 9.24. The minimum atomic E-state index is 0. The highest BCUT2D eigenvalue weighted by molar-refractivity contribution is 6.33. The van der Waals surface area contributed by atoms with Gasteiger partial charge in [0.1, 0.15) is 35.5 Å². The molecule has 6 heterocycles. The van der Waals surface area contributed by atoms with E-state index in [9.17, 15) is 0 Å². The first kappa shape index (κ1) is 24.7. The smallest absolute Gasteiger partial charge is 0.182 e. The highest BCUT2D eigenvalue weighted by Crippen LogP contribution is 2.16. The van der Waals surface area contributed by atoms with Crippen LogP contribution >= 0.6 is 23.2 Å². The summed E-state index contributed by atoms with van der Waals surface area (Å²) in [7, 11) is 5.58. The fourth-order valence-electron chi connectivity index (χ4n) is 2.78. The number of fused-ring (bicyclic) bond motifs is 3. The van der Waals surface area contributed by atoms with Crippen molar-refractivity contribution >= 4 is 62.5 Å². The van der Waals surface area contributed by atoms with Gasteiger partial charge < -0.3 is 19.4 Å². The quantitative estimate of drug-likeness (QED) is 0.321. The fraction of sp³-hybridized carbons (Fsp3) is 0.211. The lowest BCUT2D eigenvalue weighted by molar-refractivity contribution is 0.928. The van der Waals surface area contributed by atoms with Crippen LogP contribution < -0.4 is 5.32 Å². The molecular formula is C19H21Cl2N13. The molecule has 0 bridgehead atoms. The number of anilines is 1. The molecule has 0 aliphatic heterocycles. The van der Waals surface area contributed by atoms with Crippen LogP contribution in [0.1, 0.15) is 7.43 Å². The molecule has 0 atom stereocenters. The van der Waals surface area contributed by atoms with Crippen LogP contribution in [0.2, 0.25) is 10.3 Å². The van der Waals surface area contributed by atoms with E-state index in [1.54, 1.807) is 17.2 Å². The highest BCUT2D eigenvalue weighted by Gasteiger charge is 2.05. The van der Waals surface area contributed by atoms with Crippen molar-refractivity contribution < 1.29 is 0 Å². The van der Waals surface area contributed by atoms with Gasteiger partial charge in [0.05, 0.1) is 19.0 Å². The predicted molar refractivity (Wildman–Crippen MR) is 131 cm³/mol. The third kappa shape index (κ3) is 5.00. The molecule has 0 fully saturated rings. The Morgan fingerprint density at radius 3 is 1.97 bits per heavy atom. The van der Waals surface area contributed by atoms with Crippen LogP contribution in [0.4, 0.5) is 5.82 Å². The zero-order chi connectivity index (χ0) is 23.4. The molecule has 0 aromatic carbocycles. The molecule has 0 spiro atoms. The Balaban J connectivity index is 0.000000141. The largest absolute Gasteiger partial charge is 0.371 e. The van der Waals surface area contributed by atoms with Crippen molar-refractivity contribution in [3.05, 3.63) is 48.3 Å². The number of halogens is 2. The second kappa shape index (κ2) is 10.8. The second-order valence-electron chi connectivity index (χ2n) is 6.46. The summed E-state index contributed by atoms with van der Waals surface area (Å²) in [5.74, 6) is 0.764. The van der Waals surface area contributed by atoms with Gasteiger partial charge in [-0.05, 0) is 0 Å². The summed E-state index contributed by atoms with van der Waals surface area (Å²) in [5.41, 5.74) is 4.34. The van der Waals surface area contributed by atoms with Crippen LogP contribution in [0, 0.1) is 0 Å². The van der Waals surface area contributed by atoms with Crippen molar-refractivity contribution in [3.63, 3.8) is 0 Å². The molecule has 0 radical (unpaired) electrons. The SMILES string of the molecule is C.CNc1ncnc2c1ncn2C.Clc1ncnc2nc[nH]c12.Cn1cnc2c(Cl)ncnc21. The van der Waals surface area contributed by atoms with Crippen molar-refractivity contribution in [2.75, 3.05) is 12.4 Å². The second-order valence-corrected chi connectivity index (χ2v) is 7.17. The van der Waals surface area contributed by atoms with Gasteiger partial charge in [0, 0.05) is 21.1 Å². The van der Waals surface area contributed by atoms with E-state index in [0.717, 1.165) is 22.6 Å². The molecule has 0 unspecified atom stereocenters. The fourth-order valence-corrected chi connectivity index (χ4v) is 3.14. The molecule has 0 aliphatic rings. The van der Waals surface area contributed by atoms with E-state index in [0.29, 0.717) is 27.0 Å². The highest BCUT2D eigenvalue weighted by atomic mass is 35.5. The molecule has 34 heavy (non-hydrogen) atoms. The monoisotopic (exact) mass is 501 g/mol. The van der Waals surface area contributed by atoms with Crippen LogP contribution in [0.25, 0.3) is 33.5 Å². The van der Waals surface area contributed by atoms with Gasteiger partial charge in [-0.2, -0.15) is 0 Å². The van der Waals surface area contributed by atoms with Crippen LogP contribution in [0.3, 0.4) is 0 Å². The summed E-state index contributed by atoms with van der Waals surface area (Å²) in [6.45, 7) is 0. The molecule has 0 saturated heterocycles. The summed E-state index contributed by atoms with van der Waals surface area (Å²) in [6, 6.07) is 0. The lowest BCUT2D eigenvalue weighted by Crippen LogP contribution is -1.95. The summed E-state index contributed by atoms with van der Waals surface area (Å²) >= 11 is 11.4. The number of hydrogen-bond acceptors (Lipinski definition) is 10. The van der Waals surface area contributed by atoms with Crippen molar-refractivity contribution in [1.29, 1.82) is 0 Å². The van der Waals surface area contributed by atoms with Crippen LogP contribution in [-0.4, -0.2) is 66.0 Å². The predicted octanol–water partition coefficient (Wildman–Crippen LogP) is 3.06. The van der Waals surface area contributed by atoms with E-state index >= 15 is 0 Å². The van der Waals surface area contributed by atoms with Crippen molar-refractivity contribution in [1.82, 2.24) is 59.0 Å². The van der Waals surface area contributed by atoms with Crippen molar-refractivity contribution in [2.24, 2.45) is 14.1 Å². The van der Waals surface area contributed by atoms with Gasteiger partial charge >= 0.3 is 0 Å². The van der Waals surface area contributed by atoms with Gasteiger partial charge in [0.2, 0.25) is 0 Å². The lowest BCUT2D eigenvalue weighted by Gasteiger charge is -1.98. The van der Waals surface area contributed by atoms with Gasteiger partial charge in [-0.25, -0.2) is 44.9 Å². The molecule has 15 heteroatoms. The number of rotatable bonds is 1. The molecule has 6 aromatic rings. The number of hydrogen-bond donors (Lipinski definition) is 2. The molecule has 0 aliphatic carbocycles. The summed E-state index contributed by atoms with van der Waals surface area (Å²) < 4.78 is 3.65. The first-order valence-corrected chi connectivity index (χ1v) is 10.1. The zero-order valence-electron chi connectivity index (χ0n) is 17.6. The number of aromatic amines is 1. The molecule has 0 amide bonds. The van der Waals surface area contributed by atoms with E-state index in [-0.39, 0.29) is 7.43 Å². The van der Waals surface area contributed by atoms with Crippen molar-refractivity contribution in [3.8, 4) is 0 Å². The molecule has 0 saturated carbocycles. The zero-order valence-corrected chi connectivity index (χ0v) is 19.2. The number of nitrogens with one attached hydrogen (secondary N) is 2. The molecule has 176 valence electrons. The van der Waals surface area contributed by atoms with Crippen molar-refractivity contribution in [2.45, 2.75) is 7.43 Å². The number of nitrogens with zero attached hydrogens (tertiary/aromatic N) is 11. The van der Waals surface area contributed by atoms with Gasteiger partial charge in [-0.3, -0.25) is 0 Å². The van der Waals surface area contributed by atoms with Gasteiger partial charge in [0.25, 0.3) is 0 Å². The van der Waals surface area contributed by atoms with E-state index in [1.807, 2.05) is 25.7 Å². The maximum atomic E-state index is 5.74. The number of imidazole rings is 3. The summed E-state index contributed by atoms with van der Waals surface area (Å²) in [4.78, 5) is 38.5. The Morgan fingerprint density at radius 2 is 1.32 bits per heavy atom. The molecule has 6 rings (SSSR count). The van der Waals surface area contributed by atoms with Gasteiger partial charge in [-0.15, -0.1) is 0 Å². The average Bonchev–Trinajstić information content (AvgIpc) is 3.55. The Bertz CT molecular complexity index is 1520. The number of aryl methyl sites for hydroxylation is 2. The van der Waals surface area contributed by atoms with Gasteiger partial charge in [0.15, 0.2) is 33.1 Å². The average molecular weight is 502 g/mol. The van der Waals surface area contributed by atoms with Crippen LogP contribution in [-0.2, 0) is 14.1 Å². The van der Waals surface area contributed by atoms with E-state index in [1.165, 1.54) is 25.3 Å². The Hall–Kier alpha value is -3.97. The first-order chi connectivity index (χ1) is 16.0. The maximum absolute atomic E-state index is 5.74. The van der Waals surface area contributed by atoms with E-state index in [4.69, 9.17) is 23.2 Å². The normalized spacial score (nSPS) is 10.3. The van der Waals surface area contributed by atoms with Gasteiger partial charge in [-0.1, -0.05) is 30.6 Å². The lowest BCUT2D eigenvalue weighted by atomic mass is 10.5. The Kier molecular flexibility index (Phi) is 7.81. The minimum absolute atomic E-state index is 0. The molecule has 6 aromatic heterocycles.